The van der Waals surface area contributed by atoms with Gasteiger partial charge >= 0.3 is 0 Å². The number of rotatable bonds is 4. The molecule has 0 radical (unpaired) electrons. The SMILES string of the molecule is CCC1CCN(C(CN)c2ccc(C)o2)CC1. The van der Waals surface area contributed by atoms with E-state index in [1.165, 1.54) is 19.3 Å². The molecule has 2 rings (SSSR count). The highest BCUT2D eigenvalue weighted by molar-refractivity contribution is 5.10. The number of likely N-dealkylation sites (tertiary alicyclic amines) is 1. The molecule has 0 aliphatic carbocycles. The summed E-state index contributed by atoms with van der Waals surface area (Å²) in [7, 11) is 0. The molecule has 0 saturated carbocycles. The summed E-state index contributed by atoms with van der Waals surface area (Å²) >= 11 is 0. The largest absolute Gasteiger partial charge is 0.465 e. The second-order valence-electron chi connectivity index (χ2n) is 5.09. The summed E-state index contributed by atoms with van der Waals surface area (Å²) in [6.07, 6.45) is 3.90. The number of hydrogen-bond acceptors (Lipinski definition) is 3. The highest BCUT2D eigenvalue weighted by Gasteiger charge is 2.26. The molecule has 0 spiro atoms. The molecule has 1 fully saturated rings. The third-order valence-electron chi connectivity index (χ3n) is 3.98. The van der Waals surface area contributed by atoms with Crippen LogP contribution >= 0.6 is 0 Å². The number of nitrogens with zero attached hydrogens (tertiary/aromatic N) is 1. The van der Waals surface area contributed by atoms with Crippen molar-refractivity contribution < 1.29 is 4.42 Å². The van der Waals surface area contributed by atoms with E-state index in [0.717, 1.165) is 30.5 Å². The van der Waals surface area contributed by atoms with Gasteiger partial charge in [-0.05, 0) is 50.9 Å². The van der Waals surface area contributed by atoms with Gasteiger partial charge in [-0.15, -0.1) is 0 Å². The zero-order valence-electron chi connectivity index (χ0n) is 11.0. The Morgan fingerprint density at radius 3 is 2.59 bits per heavy atom. The van der Waals surface area contributed by atoms with Crippen molar-refractivity contribution >= 4 is 0 Å². The van der Waals surface area contributed by atoms with E-state index >= 15 is 0 Å². The molecule has 3 nitrogen and oxygen atoms in total. The van der Waals surface area contributed by atoms with Crippen LogP contribution in [0.25, 0.3) is 0 Å². The van der Waals surface area contributed by atoms with Gasteiger partial charge in [0.25, 0.3) is 0 Å². The van der Waals surface area contributed by atoms with Crippen LogP contribution in [0.15, 0.2) is 16.5 Å². The Kier molecular flexibility index (Phi) is 4.24. The normalized spacial score (nSPS) is 20.6. The van der Waals surface area contributed by atoms with Crippen molar-refractivity contribution in [2.75, 3.05) is 19.6 Å². The second-order valence-corrected chi connectivity index (χ2v) is 5.09. The van der Waals surface area contributed by atoms with E-state index < -0.39 is 0 Å². The van der Waals surface area contributed by atoms with Gasteiger partial charge in [0.1, 0.15) is 11.5 Å². The van der Waals surface area contributed by atoms with E-state index in [2.05, 4.69) is 17.9 Å². The first kappa shape index (κ1) is 12.7. The molecule has 96 valence electrons. The van der Waals surface area contributed by atoms with Crippen LogP contribution < -0.4 is 5.73 Å². The molecule has 1 unspecified atom stereocenters. The third kappa shape index (κ3) is 2.90. The Bertz CT molecular complexity index is 340. The van der Waals surface area contributed by atoms with Crippen LogP contribution in [0, 0.1) is 12.8 Å². The van der Waals surface area contributed by atoms with Crippen molar-refractivity contribution in [3.05, 3.63) is 23.7 Å². The molecule has 1 aromatic heterocycles. The van der Waals surface area contributed by atoms with Gasteiger partial charge in [0.05, 0.1) is 6.04 Å². The van der Waals surface area contributed by atoms with E-state index in [1.54, 1.807) is 0 Å². The summed E-state index contributed by atoms with van der Waals surface area (Å²) in [6.45, 7) is 7.22. The Balaban J connectivity index is 2.00. The quantitative estimate of drug-likeness (QED) is 0.874. The minimum Gasteiger partial charge on any atom is -0.465 e. The minimum atomic E-state index is 0.265. The molecule has 1 aliphatic heterocycles. The van der Waals surface area contributed by atoms with Crippen LogP contribution in [0.4, 0.5) is 0 Å². The van der Waals surface area contributed by atoms with Crippen molar-refractivity contribution in [2.45, 2.75) is 39.2 Å². The van der Waals surface area contributed by atoms with Gasteiger partial charge in [-0.1, -0.05) is 13.3 Å². The lowest BCUT2D eigenvalue weighted by atomic mass is 9.93. The van der Waals surface area contributed by atoms with Crippen molar-refractivity contribution in [2.24, 2.45) is 11.7 Å². The van der Waals surface area contributed by atoms with Crippen LogP contribution in [-0.2, 0) is 0 Å². The number of piperidine rings is 1. The minimum absolute atomic E-state index is 0.265. The van der Waals surface area contributed by atoms with Gasteiger partial charge in [0.15, 0.2) is 0 Å². The molecule has 2 heterocycles. The molecule has 17 heavy (non-hydrogen) atoms. The van der Waals surface area contributed by atoms with E-state index in [1.807, 2.05) is 13.0 Å². The summed E-state index contributed by atoms with van der Waals surface area (Å²) < 4.78 is 5.72. The number of furan rings is 1. The van der Waals surface area contributed by atoms with E-state index in [4.69, 9.17) is 10.2 Å². The van der Waals surface area contributed by atoms with Gasteiger partial charge in [-0.25, -0.2) is 0 Å². The Morgan fingerprint density at radius 2 is 2.12 bits per heavy atom. The first-order valence-corrected chi connectivity index (χ1v) is 6.75. The fourth-order valence-electron chi connectivity index (χ4n) is 2.75. The van der Waals surface area contributed by atoms with E-state index in [-0.39, 0.29) is 6.04 Å². The summed E-state index contributed by atoms with van der Waals surface area (Å²) in [5, 5.41) is 0. The molecule has 1 aromatic rings. The second kappa shape index (κ2) is 5.69. The van der Waals surface area contributed by atoms with Crippen molar-refractivity contribution in [3.63, 3.8) is 0 Å². The molecule has 2 N–H and O–H groups in total. The Labute approximate surface area is 104 Å². The molecule has 3 heteroatoms. The van der Waals surface area contributed by atoms with Crippen LogP contribution in [0.1, 0.15) is 43.7 Å². The molecular weight excluding hydrogens is 212 g/mol. The van der Waals surface area contributed by atoms with Gasteiger partial charge in [-0.3, -0.25) is 4.90 Å². The van der Waals surface area contributed by atoms with Crippen LogP contribution in [0.5, 0.6) is 0 Å². The van der Waals surface area contributed by atoms with Crippen LogP contribution in [0.2, 0.25) is 0 Å². The predicted octanol–water partition coefficient (Wildman–Crippen LogP) is 2.71. The molecule has 0 bridgehead atoms. The average molecular weight is 236 g/mol. The Morgan fingerprint density at radius 1 is 1.41 bits per heavy atom. The van der Waals surface area contributed by atoms with E-state index in [9.17, 15) is 0 Å². The maximum atomic E-state index is 5.91. The maximum Gasteiger partial charge on any atom is 0.122 e. The fraction of sp³-hybridized carbons (Fsp3) is 0.714. The lowest BCUT2D eigenvalue weighted by molar-refractivity contribution is 0.120. The first-order chi connectivity index (χ1) is 8.24. The monoisotopic (exact) mass is 236 g/mol. The topological polar surface area (TPSA) is 42.4 Å². The van der Waals surface area contributed by atoms with Gasteiger partial charge < -0.3 is 10.2 Å². The molecule has 1 saturated heterocycles. The summed E-state index contributed by atoms with van der Waals surface area (Å²) in [5.74, 6) is 2.91. The van der Waals surface area contributed by atoms with Crippen LogP contribution in [0.3, 0.4) is 0 Å². The third-order valence-corrected chi connectivity index (χ3v) is 3.98. The summed E-state index contributed by atoms with van der Waals surface area (Å²) in [5.41, 5.74) is 5.91. The van der Waals surface area contributed by atoms with Crippen LogP contribution in [-0.4, -0.2) is 24.5 Å². The molecule has 0 amide bonds. The van der Waals surface area contributed by atoms with Crippen molar-refractivity contribution in [1.82, 2.24) is 4.90 Å². The number of nitrogens with two attached hydrogens (primary N) is 1. The maximum absolute atomic E-state index is 5.91. The van der Waals surface area contributed by atoms with Gasteiger partial charge in [0, 0.05) is 6.54 Å². The summed E-state index contributed by atoms with van der Waals surface area (Å²) in [4.78, 5) is 2.48. The standard InChI is InChI=1S/C14H24N2O/c1-3-12-6-8-16(9-7-12)13(10-15)14-5-4-11(2)17-14/h4-5,12-13H,3,6-10,15H2,1-2H3. The van der Waals surface area contributed by atoms with Gasteiger partial charge in [0.2, 0.25) is 0 Å². The first-order valence-electron chi connectivity index (χ1n) is 6.75. The highest BCUT2D eigenvalue weighted by Crippen LogP contribution is 2.28. The lowest BCUT2D eigenvalue weighted by Crippen LogP contribution is -2.39. The zero-order chi connectivity index (χ0) is 12.3. The lowest BCUT2D eigenvalue weighted by Gasteiger charge is -2.36. The highest BCUT2D eigenvalue weighted by atomic mass is 16.3. The molecule has 1 aliphatic rings. The molecule has 1 atom stereocenters. The van der Waals surface area contributed by atoms with E-state index in [0.29, 0.717) is 6.54 Å². The zero-order valence-corrected chi connectivity index (χ0v) is 11.0. The number of aryl methyl sites for hydroxylation is 1. The molecule has 0 aromatic carbocycles. The van der Waals surface area contributed by atoms with Gasteiger partial charge in [-0.2, -0.15) is 0 Å². The molecular formula is C14H24N2O. The smallest absolute Gasteiger partial charge is 0.122 e. The fourth-order valence-corrected chi connectivity index (χ4v) is 2.75. The summed E-state index contributed by atoms with van der Waals surface area (Å²) in [6, 6.07) is 4.36. The average Bonchev–Trinajstić information content (AvgIpc) is 2.78. The predicted molar refractivity (Wildman–Crippen MR) is 69.8 cm³/mol. The Hall–Kier alpha value is -0.800. The van der Waals surface area contributed by atoms with Crippen molar-refractivity contribution in [3.8, 4) is 0 Å². The van der Waals surface area contributed by atoms with Crippen molar-refractivity contribution in [1.29, 1.82) is 0 Å². The number of hydrogen-bond donors (Lipinski definition) is 1.